The number of nitrogens with zero attached hydrogens (tertiary/aromatic N) is 1. The molecule has 2 N–H and O–H groups in total. The Balaban J connectivity index is 1.70. The topological polar surface area (TPSA) is 53.6 Å². The fourth-order valence-electron chi connectivity index (χ4n) is 3.06. The molecule has 0 atom stereocenters. The molecule has 1 amide bonds. The molecule has 0 aromatic rings. The molecular weight excluding hydrogens is 254 g/mol. The summed E-state index contributed by atoms with van der Waals surface area (Å²) < 4.78 is 5.31. The Morgan fingerprint density at radius 1 is 1.15 bits per heavy atom. The molecule has 0 aromatic carbocycles. The molecule has 0 aliphatic carbocycles. The number of ether oxygens (including phenoxy) is 1. The summed E-state index contributed by atoms with van der Waals surface area (Å²) in [4.78, 5) is 14.3. The number of alkyl carbamates (subject to hydrolysis) is 1. The average molecular weight is 283 g/mol. The molecule has 2 aliphatic heterocycles. The lowest BCUT2D eigenvalue weighted by atomic mass is 9.99. The van der Waals surface area contributed by atoms with Crippen LogP contribution in [-0.4, -0.2) is 54.9 Å². The molecule has 2 saturated heterocycles. The maximum Gasteiger partial charge on any atom is 0.407 e. The number of rotatable bonds is 2. The van der Waals surface area contributed by atoms with Crippen molar-refractivity contribution in [1.29, 1.82) is 0 Å². The van der Waals surface area contributed by atoms with E-state index in [2.05, 4.69) is 15.5 Å². The zero-order valence-corrected chi connectivity index (χ0v) is 13.1. The van der Waals surface area contributed by atoms with Gasteiger partial charge in [-0.3, -0.25) is 0 Å². The summed E-state index contributed by atoms with van der Waals surface area (Å²) >= 11 is 0. The van der Waals surface area contributed by atoms with Gasteiger partial charge in [0.25, 0.3) is 0 Å². The normalized spacial score (nSPS) is 23.6. The van der Waals surface area contributed by atoms with Gasteiger partial charge < -0.3 is 20.3 Å². The number of amides is 1. The van der Waals surface area contributed by atoms with E-state index in [-0.39, 0.29) is 12.1 Å². The predicted octanol–water partition coefficient (Wildman–Crippen LogP) is 1.73. The fraction of sp³-hybridized carbons (Fsp3) is 0.933. The third-order valence-corrected chi connectivity index (χ3v) is 4.08. The smallest absolute Gasteiger partial charge is 0.407 e. The fourth-order valence-corrected chi connectivity index (χ4v) is 3.06. The summed E-state index contributed by atoms with van der Waals surface area (Å²) in [5.41, 5.74) is -0.417. The van der Waals surface area contributed by atoms with Gasteiger partial charge in [-0.2, -0.15) is 0 Å². The second-order valence-corrected chi connectivity index (χ2v) is 6.94. The minimum Gasteiger partial charge on any atom is -0.444 e. The van der Waals surface area contributed by atoms with Crippen LogP contribution in [0.3, 0.4) is 0 Å². The molecule has 5 nitrogen and oxygen atoms in total. The zero-order chi connectivity index (χ0) is 14.6. The maximum absolute atomic E-state index is 11.8. The van der Waals surface area contributed by atoms with Crippen molar-refractivity contribution in [2.75, 3.05) is 26.2 Å². The first-order valence-corrected chi connectivity index (χ1v) is 7.88. The maximum atomic E-state index is 11.8. The summed E-state index contributed by atoms with van der Waals surface area (Å²) in [6.45, 7) is 10.1. The number of likely N-dealkylation sites (tertiary alicyclic amines) is 1. The second-order valence-electron chi connectivity index (χ2n) is 6.94. The van der Waals surface area contributed by atoms with Crippen LogP contribution >= 0.6 is 0 Å². The van der Waals surface area contributed by atoms with Crippen molar-refractivity contribution in [1.82, 2.24) is 15.5 Å². The van der Waals surface area contributed by atoms with E-state index in [1.54, 1.807) is 0 Å². The van der Waals surface area contributed by atoms with Gasteiger partial charge in [-0.1, -0.05) is 0 Å². The number of carbonyl (C=O) groups is 1. The van der Waals surface area contributed by atoms with E-state index in [1.807, 2.05) is 20.8 Å². The first kappa shape index (κ1) is 15.6. The standard InChI is InChI=1S/C15H29N3O2/c1-15(2,3)20-14(19)17-12-6-10-18(11-7-12)13-4-8-16-9-5-13/h12-13,16H,4-11H2,1-3H3,(H,17,19). The summed E-state index contributed by atoms with van der Waals surface area (Å²) in [5.74, 6) is 0. The Kier molecular flexibility index (Phi) is 5.27. The van der Waals surface area contributed by atoms with Gasteiger partial charge in [0, 0.05) is 25.2 Å². The van der Waals surface area contributed by atoms with E-state index in [1.165, 1.54) is 12.8 Å². The van der Waals surface area contributed by atoms with Gasteiger partial charge in [0.2, 0.25) is 0 Å². The molecule has 2 heterocycles. The largest absolute Gasteiger partial charge is 0.444 e. The minimum absolute atomic E-state index is 0.266. The molecule has 0 unspecified atom stereocenters. The van der Waals surface area contributed by atoms with Crippen molar-refractivity contribution in [2.24, 2.45) is 0 Å². The van der Waals surface area contributed by atoms with E-state index in [9.17, 15) is 4.79 Å². The Morgan fingerprint density at radius 2 is 1.75 bits per heavy atom. The van der Waals surface area contributed by atoms with Crippen LogP contribution in [0.5, 0.6) is 0 Å². The van der Waals surface area contributed by atoms with Crippen molar-refractivity contribution < 1.29 is 9.53 Å². The third kappa shape index (κ3) is 4.94. The Bertz CT molecular complexity index is 314. The highest BCUT2D eigenvalue weighted by Crippen LogP contribution is 2.19. The molecule has 0 radical (unpaired) electrons. The first-order chi connectivity index (χ1) is 9.44. The van der Waals surface area contributed by atoms with Crippen molar-refractivity contribution in [3.05, 3.63) is 0 Å². The average Bonchev–Trinajstić information content (AvgIpc) is 2.38. The number of hydrogen-bond donors (Lipinski definition) is 2. The highest BCUT2D eigenvalue weighted by Gasteiger charge is 2.27. The van der Waals surface area contributed by atoms with Crippen LogP contribution in [0.15, 0.2) is 0 Å². The summed E-state index contributed by atoms with van der Waals surface area (Å²) in [5, 5.41) is 6.41. The number of nitrogens with one attached hydrogen (secondary N) is 2. The first-order valence-electron chi connectivity index (χ1n) is 7.88. The summed E-state index contributed by atoms with van der Waals surface area (Å²) in [7, 11) is 0. The van der Waals surface area contributed by atoms with E-state index in [0.717, 1.165) is 45.1 Å². The Morgan fingerprint density at radius 3 is 2.30 bits per heavy atom. The van der Waals surface area contributed by atoms with Crippen LogP contribution in [0.25, 0.3) is 0 Å². The minimum atomic E-state index is -0.417. The molecule has 0 aromatic heterocycles. The van der Waals surface area contributed by atoms with E-state index < -0.39 is 5.60 Å². The van der Waals surface area contributed by atoms with E-state index >= 15 is 0 Å². The van der Waals surface area contributed by atoms with Crippen LogP contribution < -0.4 is 10.6 Å². The Labute approximate surface area is 122 Å². The zero-order valence-electron chi connectivity index (χ0n) is 13.1. The molecule has 2 fully saturated rings. The molecular formula is C15H29N3O2. The highest BCUT2D eigenvalue weighted by atomic mass is 16.6. The Hall–Kier alpha value is -0.810. The predicted molar refractivity (Wildman–Crippen MR) is 79.9 cm³/mol. The molecule has 2 aliphatic rings. The van der Waals surface area contributed by atoms with Crippen LogP contribution in [0.2, 0.25) is 0 Å². The van der Waals surface area contributed by atoms with Crippen molar-refractivity contribution >= 4 is 6.09 Å². The van der Waals surface area contributed by atoms with Crippen LogP contribution in [0.1, 0.15) is 46.5 Å². The molecule has 0 bridgehead atoms. The SMILES string of the molecule is CC(C)(C)OC(=O)NC1CCN(C2CCNCC2)CC1. The second kappa shape index (κ2) is 6.76. The molecule has 5 heteroatoms. The highest BCUT2D eigenvalue weighted by molar-refractivity contribution is 5.68. The summed E-state index contributed by atoms with van der Waals surface area (Å²) in [6.07, 6.45) is 4.29. The van der Waals surface area contributed by atoms with Gasteiger partial charge in [0.15, 0.2) is 0 Å². The third-order valence-electron chi connectivity index (χ3n) is 4.08. The van der Waals surface area contributed by atoms with E-state index in [0.29, 0.717) is 0 Å². The number of piperidine rings is 2. The van der Waals surface area contributed by atoms with Gasteiger partial charge in [0.1, 0.15) is 5.60 Å². The van der Waals surface area contributed by atoms with Gasteiger partial charge in [0.05, 0.1) is 0 Å². The molecule has 2 rings (SSSR count). The number of carbonyl (C=O) groups excluding carboxylic acids is 1. The van der Waals surface area contributed by atoms with Gasteiger partial charge >= 0.3 is 6.09 Å². The lowest BCUT2D eigenvalue weighted by Crippen LogP contribution is -2.51. The lowest BCUT2D eigenvalue weighted by molar-refractivity contribution is 0.0461. The molecule has 20 heavy (non-hydrogen) atoms. The van der Waals surface area contributed by atoms with Crippen molar-refractivity contribution in [3.8, 4) is 0 Å². The van der Waals surface area contributed by atoms with Crippen LogP contribution in [-0.2, 0) is 4.74 Å². The van der Waals surface area contributed by atoms with Crippen LogP contribution in [0, 0.1) is 0 Å². The van der Waals surface area contributed by atoms with Crippen molar-refractivity contribution in [3.63, 3.8) is 0 Å². The summed E-state index contributed by atoms with van der Waals surface area (Å²) in [6, 6.07) is 1.00. The van der Waals surface area contributed by atoms with Crippen molar-refractivity contribution in [2.45, 2.75) is 64.1 Å². The van der Waals surface area contributed by atoms with Gasteiger partial charge in [-0.25, -0.2) is 4.79 Å². The lowest BCUT2D eigenvalue weighted by Gasteiger charge is -2.39. The van der Waals surface area contributed by atoms with Gasteiger partial charge in [-0.15, -0.1) is 0 Å². The monoisotopic (exact) mass is 283 g/mol. The van der Waals surface area contributed by atoms with Crippen LogP contribution in [0.4, 0.5) is 4.79 Å². The van der Waals surface area contributed by atoms with E-state index in [4.69, 9.17) is 4.74 Å². The van der Waals surface area contributed by atoms with Gasteiger partial charge in [-0.05, 0) is 59.5 Å². The molecule has 0 spiro atoms. The number of hydrogen-bond acceptors (Lipinski definition) is 4. The quantitative estimate of drug-likeness (QED) is 0.810. The molecule has 116 valence electrons. The molecule has 0 saturated carbocycles.